The second-order valence-corrected chi connectivity index (χ2v) is 7.67. The zero-order chi connectivity index (χ0) is 19.3. The first-order chi connectivity index (χ1) is 13.7. The minimum Gasteiger partial charge on any atom is -0.488 e. The highest BCUT2D eigenvalue weighted by Crippen LogP contribution is 2.25. The number of aryl methyl sites for hydroxylation is 2. The van der Waals surface area contributed by atoms with E-state index in [1.807, 2.05) is 42.5 Å². The first kappa shape index (κ1) is 18.3. The molecule has 140 valence electrons. The number of benzene rings is 3. The van der Waals surface area contributed by atoms with Crippen LogP contribution in [0, 0.1) is 0 Å². The van der Waals surface area contributed by atoms with Crippen molar-refractivity contribution in [3.63, 3.8) is 0 Å². The van der Waals surface area contributed by atoms with E-state index >= 15 is 0 Å². The van der Waals surface area contributed by atoms with E-state index in [9.17, 15) is 9.90 Å². The molecule has 28 heavy (non-hydrogen) atoms. The minimum absolute atomic E-state index is 0.195. The zero-order valence-corrected chi connectivity index (χ0v) is 16.1. The van der Waals surface area contributed by atoms with Gasteiger partial charge in [0.25, 0.3) is 0 Å². The van der Waals surface area contributed by atoms with Gasteiger partial charge in [0.05, 0.1) is 0 Å². The lowest BCUT2D eigenvalue weighted by atomic mass is 10.0. The Balaban J connectivity index is 1.56. The largest absolute Gasteiger partial charge is 0.488 e. The maximum Gasteiger partial charge on any atom is 0.339 e. The zero-order valence-electron chi connectivity index (χ0n) is 15.3. The van der Waals surface area contributed by atoms with Crippen LogP contribution in [0.4, 0.5) is 0 Å². The molecule has 1 heterocycles. The van der Waals surface area contributed by atoms with Crippen molar-refractivity contribution < 1.29 is 14.6 Å². The number of hydrogen-bond donors (Lipinski definition) is 1. The Hall–Kier alpha value is -3.11. The maximum absolute atomic E-state index is 11.6. The Labute approximate surface area is 167 Å². The summed E-state index contributed by atoms with van der Waals surface area (Å²) in [7, 11) is 0. The van der Waals surface area contributed by atoms with Crippen LogP contribution < -0.4 is 4.74 Å². The summed E-state index contributed by atoms with van der Waals surface area (Å²) < 4.78 is 5.99. The molecule has 0 aliphatic rings. The molecule has 3 nitrogen and oxygen atoms in total. The number of ether oxygens (including phenoxy) is 1. The fraction of sp³-hybridized carbons (Fsp3) is 0.125. The summed E-state index contributed by atoms with van der Waals surface area (Å²) in [5.41, 5.74) is 2.31. The summed E-state index contributed by atoms with van der Waals surface area (Å²) in [6, 6.07) is 23.8. The molecule has 4 rings (SSSR count). The van der Waals surface area contributed by atoms with Gasteiger partial charge in [-0.05, 0) is 58.3 Å². The first-order valence-corrected chi connectivity index (χ1v) is 10.1. The maximum atomic E-state index is 11.6. The fourth-order valence-corrected chi connectivity index (χ4v) is 4.02. The molecule has 4 heteroatoms. The molecule has 0 aliphatic heterocycles. The van der Waals surface area contributed by atoms with Gasteiger partial charge in [-0.1, -0.05) is 54.6 Å². The molecule has 0 saturated heterocycles. The molecule has 0 unspecified atom stereocenters. The standard InChI is InChI=1S/C24H20O3S/c25-24(26)22-13-11-17(10-12-20-8-4-14-28-20)15-23(22)27-16-19-7-3-6-18-5-1-2-9-21(18)19/h1-9,11,13-15H,10,12,16H2,(H,25,26). The van der Waals surface area contributed by atoms with E-state index in [1.54, 1.807) is 17.4 Å². The van der Waals surface area contributed by atoms with Crippen LogP contribution in [0.25, 0.3) is 10.8 Å². The molecule has 0 fully saturated rings. The molecule has 0 radical (unpaired) electrons. The molecule has 0 aliphatic carbocycles. The minimum atomic E-state index is -0.974. The average molecular weight is 388 g/mol. The molecule has 0 atom stereocenters. The van der Waals surface area contributed by atoms with Gasteiger partial charge in [-0.3, -0.25) is 0 Å². The Morgan fingerprint density at radius 1 is 0.929 bits per heavy atom. The van der Waals surface area contributed by atoms with Gasteiger partial charge in [0.1, 0.15) is 17.9 Å². The van der Waals surface area contributed by atoms with Crippen LogP contribution in [-0.4, -0.2) is 11.1 Å². The smallest absolute Gasteiger partial charge is 0.339 e. The summed E-state index contributed by atoms with van der Waals surface area (Å²) in [5, 5.41) is 13.9. The number of thiophene rings is 1. The van der Waals surface area contributed by atoms with E-state index in [0.717, 1.165) is 34.7 Å². The molecule has 0 amide bonds. The lowest BCUT2D eigenvalue weighted by Gasteiger charge is -2.13. The van der Waals surface area contributed by atoms with Crippen LogP contribution in [-0.2, 0) is 19.4 Å². The van der Waals surface area contributed by atoms with Crippen molar-refractivity contribution in [1.82, 2.24) is 0 Å². The van der Waals surface area contributed by atoms with Gasteiger partial charge in [-0.2, -0.15) is 0 Å². The van der Waals surface area contributed by atoms with Gasteiger partial charge in [-0.15, -0.1) is 11.3 Å². The highest BCUT2D eigenvalue weighted by molar-refractivity contribution is 7.09. The summed E-state index contributed by atoms with van der Waals surface area (Å²) in [5.74, 6) is -0.554. The van der Waals surface area contributed by atoms with Crippen LogP contribution in [0.5, 0.6) is 5.75 Å². The summed E-state index contributed by atoms with van der Waals surface area (Å²) in [4.78, 5) is 12.9. The Morgan fingerprint density at radius 2 is 1.79 bits per heavy atom. The molecular weight excluding hydrogens is 368 g/mol. The highest BCUT2D eigenvalue weighted by atomic mass is 32.1. The number of aromatic carboxylic acids is 1. The van der Waals surface area contributed by atoms with Gasteiger partial charge >= 0.3 is 5.97 Å². The normalized spacial score (nSPS) is 10.9. The Morgan fingerprint density at radius 3 is 2.61 bits per heavy atom. The molecule has 4 aromatic rings. The van der Waals surface area contributed by atoms with Crippen LogP contribution in [0.1, 0.15) is 26.4 Å². The lowest BCUT2D eigenvalue weighted by Crippen LogP contribution is -2.05. The fourth-order valence-electron chi connectivity index (χ4n) is 3.31. The van der Waals surface area contributed by atoms with E-state index in [0.29, 0.717) is 12.4 Å². The van der Waals surface area contributed by atoms with Crippen molar-refractivity contribution >= 4 is 28.1 Å². The van der Waals surface area contributed by atoms with Gasteiger partial charge in [-0.25, -0.2) is 4.79 Å². The Bertz CT molecular complexity index is 1090. The molecule has 1 N–H and O–H groups in total. The average Bonchev–Trinajstić information content (AvgIpc) is 3.24. The van der Waals surface area contributed by atoms with Crippen LogP contribution in [0.15, 0.2) is 78.2 Å². The number of rotatable bonds is 7. The summed E-state index contributed by atoms with van der Waals surface area (Å²) in [6.07, 6.45) is 1.79. The number of carboxylic acids is 1. The van der Waals surface area contributed by atoms with Crippen LogP contribution in [0.2, 0.25) is 0 Å². The molecule has 3 aromatic carbocycles. The van der Waals surface area contributed by atoms with Gasteiger partial charge in [0, 0.05) is 4.88 Å². The van der Waals surface area contributed by atoms with Crippen LogP contribution in [0.3, 0.4) is 0 Å². The van der Waals surface area contributed by atoms with Crippen LogP contribution >= 0.6 is 11.3 Å². The van der Waals surface area contributed by atoms with Crippen molar-refractivity contribution in [1.29, 1.82) is 0 Å². The second kappa shape index (κ2) is 8.28. The third kappa shape index (κ3) is 4.07. The van der Waals surface area contributed by atoms with E-state index < -0.39 is 5.97 Å². The van der Waals surface area contributed by atoms with Crippen molar-refractivity contribution in [2.75, 3.05) is 0 Å². The van der Waals surface area contributed by atoms with Gasteiger partial charge in [0.15, 0.2) is 0 Å². The predicted octanol–water partition coefficient (Wildman–Crippen LogP) is 5.96. The molecular formula is C24H20O3S. The van der Waals surface area contributed by atoms with E-state index in [1.165, 1.54) is 4.88 Å². The SMILES string of the molecule is O=C(O)c1ccc(CCc2cccs2)cc1OCc1cccc2ccccc12. The van der Waals surface area contributed by atoms with Gasteiger partial charge < -0.3 is 9.84 Å². The number of carbonyl (C=O) groups is 1. The van der Waals surface area contributed by atoms with Crippen molar-refractivity contribution in [3.05, 3.63) is 99.7 Å². The quantitative estimate of drug-likeness (QED) is 0.425. The summed E-state index contributed by atoms with van der Waals surface area (Å²) in [6.45, 7) is 0.329. The molecule has 0 saturated carbocycles. The number of fused-ring (bicyclic) bond motifs is 1. The van der Waals surface area contributed by atoms with Crippen molar-refractivity contribution in [3.8, 4) is 5.75 Å². The summed E-state index contributed by atoms with van der Waals surface area (Å²) >= 11 is 1.74. The lowest BCUT2D eigenvalue weighted by molar-refractivity contribution is 0.0691. The van der Waals surface area contributed by atoms with E-state index in [2.05, 4.69) is 29.6 Å². The molecule has 1 aromatic heterocycles. The first-order valence-electron chi connectivity index (χ1n) is 9.19. The van der Waals surface area contributed by atoms with Crippen molar-refractivity contribution in [2.45, 2.75) is 19.4 Å². The van der Waals surface area contributed by atoms with Crippen molar-refractivity contribution in [2.24, 2.45) is 0 Å². The highest BCUT2D eigenvalue weighted by Gasteiger charge is 2.13. The second-order valence-electron chi connectivity index (χ2n) is 6.64. The Kier molecular flexibility index (Phi) is 5.40. The number of hydrogen-bond acceptors (Lipinski definition) is 3. The van der Waals surface area contributed by atoms with Gasteiger partial charge in [0.2, 0.25) is 0 Å². The van der Waals surface area contributed by atoms with E-state index in [-0.39, 0.29) is 5.56 Å². The number of carboxylic acid groups (broad SMARTS) is 1. The third-order valence-corrected chi connectivity index (χ3v) is 5.72. The monoisotopic (exact) mass is 388 g/mol. The topological polar surface area (TPSA) is 46.5 Å². The predicted molar refractivity (Wildman–Crippen MR) is 113 cm³/mol. The van der Waals surface area contributed by atoms with E-state index in [4.69, 9.17) is 4.74 Å². The third-order valence-electron chi connectivity index (χ3n) is 4.78. The molecule has 0 spiro atoms. The molecule has 0 bridgehead atoms.